The van der Waals surface area contributed by atoms with E-state index in [9.17, 15) is 4.79 Å². The van der Waals surface area contributed by atoms with Crippen LogP contribution in [0.25, 0.3) is 10.2 Å². The minimum Gasteiger partial charge on any atom is -0.454 e. The van der Waals surface area contributed by atoms with E-state index < -0.39 is 0 Å². The van der Waals surface area contributed by atoms with Crippen molar-refractivity contribution in [2.75, 3.05) is 12.5 Å². The summed E-state index contributed by atoms with van der Waals surface area (Å²) in [5.74, 6) is 1.71. The fraction of sp³-hybridized carbons (Fsp3) is 0.235. The quantitative estimate of drug-likeness (QED) is 0.546. The molecule has 1 aliphatic heterocycles. The molecule has 0 saturated heterocycles. The number of rotatable bonds is 5. The van der Waals surface area contributed by atoms with Crippen molar-refractivity contribution < 1.29 is 14.3 Å². The highest BCUT2D eigenvalue weighted by Gasteiger charge is 2.17. The summed E-state index contributed by atoms with van der Waals surface area (Å²) in [5, 5.41) is 6.81. The number of fused-ring (bicyclic) bond motifs is 2. The summed E-state index contributed by atoms with van der Waals surface area (Å²) in [5.41, 5.74) is 0.977. The lowest BCUT2D eigenvalue weighted by molar-refractivity contribution is -0.119. The Hall–Kier alpha value is -2.32. The second kappa shape index (κ2) is 6.89. The molecule has 3 aromatic rings. The monoisotopic (exact) mass is 373 g/mol. The van der Waals surface area contributed by atoms with Crippen LogP contribution in [0.1, 0.15) is 18.5 Å². The van der Waals surface area contributed by atoms with Crippen molar-refractivity contribution in [2.45, 2.75) is 18.0 Å². The smallest absolute Gasteiger partial charge is 0.231 e. The predicted octanol–water partition coefficient (Wildman–Crippen LogP) is 3.39. The number of hydrogen-bond acceptors (Lipinski definition) is 7. The van der Waals surface area contributed by atoms with Gasteiger partial charge in [-0.15, -0.1) is 11.3 Å². The van der Waals surface area contributed by atoms with Crippen LogP contribution in [0, 0.1) is 0 Å². The largest absolute Gasteiger partial charge is 0.454 e. The number of carbonyl (C=O) groups excluding carboxylic acids is 1. The third-order valence-electron chi connectivity index (χ3n) is 3.84. The van der Waals surface area contributed by atoms with Crippen molar-refractivity contribution in [3.8, 4) is 11.5 Å². The molecule has 128 valence electrons. The molecule has 8 heteroatoms. The first kappa shape index (κ1) is 16.2. The highest BCUT2D eigenvalue weighted by Crippen LogP contribution is 2.34. The van der Waals surface area contributed by atoms with Gasteiger partial charge in [0, 0.05) is 5.39 Å². The second-order valence-corrected chi connectivity index (χ2v) is 7.37. The summed E-state index contributed by atoms with van der Waals surface area (Å²) < 4.78 is 10.7. The zero-order chi connectivity index (χ0) is 17.2. The van der Waals surface area contributed by atoms with E-state index in [-0.39, 0.29) is 18.7 Å². The molecular weight excluding hydrogens is 358 g/mol. The predicted molar refractivity (Wildman–Crippen MR) is 97.3 cm³/mol. The van der Waals surface area contributed by atoms with Crippen LogP contribution in [0.15, 0.2) is 41.0 Å². The van der Waals surface area contributed by atoms with Gasteiger partial charge in [0.05, 0.1) is 11.8 Å². The van der Waals surface area contributed by atoms with Gasteiger partial charge in [0.2, 0.25) is 12.7 Å². The van der Waals surface area contributed by atoms with E-state index >= 15 is 0 Å². The van der Waals surface area contributed by atoms with Crippen LogP contribution < -0.4 is 14.8 Å². The molecule has 0 spiro atoms. The van der Waals surface area contributed by atoms with Gasteiger partial charge in [-0.25, -0.2) is 9.97 Å². The number of aromatic nitrogens is 2. The zero-order valence-electron chi connectivity index (χ0n) is 13.4. The summed E-state index contributed by atoms with van der Waals surface area (Å²) >= 11 is 2.99. The summed E-state index contributed by atoms with van der Waals surface area (Å²) in [4.78, 5) is 21.7. The number of carbonyl (C=O) groups is 1. The summed E-state index contributed by atoms with van der Waals surface area (Å²) in [6, 6.07) is 7.57. The van der Waals surface area contributed by atoms with Crippen molar-refractivity contribution in [3.63, 3.8) is 0 Å². The van der Waals surface area contributed by atoms with Gasteiger partial charge in [-0.2, -0.15) is 0 Å². The van der Waals surface area contributed by atoms with Gasteiger partial charge in [-0.05, 0) is 36.1 Å². The maximum absolute atomic E-state index is 12.3. The van der Waals surface area contributed by atoms with E-state index in [1.165, 1.54) is 18.1 Å². The highest BCUT2D eigenvalue weighted by molar-refractivity contribution is 8.00. The molecule has 2 aromatic heterocycles. The SMILES string of the molecule is C[C@H](NC(=O)CSc1ncnc2sccc12)c1ccc2c(c1)OCO2. The van der Waals surface area contributed by atoms with Crippen molar-refractivity contribution >= 4 is 39.2 Å². The number of nitrogens with one attached hydrogen (secondary N) is 1. The molecule has 6 nitrogen and oxygen atoms in total. The van der Waals surface area contributed by atoms with Crippen molar-refractivity contribution in [1.29, 1.82) is 0 Å². The number of thiophene rings is 1. The Bertz CT molecular complexity index is 928. The maximum atomic E-state index is 12.3. The first-order chi connectivity index (χ1) is 12.2. The van der Waals surface area contributed by atoms with Crippen LogP contribution >= 0.6 is 23.1 Å². The second-order valence-electron chi connectivity index (χ2n) is 5.51. The first-order valence-corrected chi connectivity index (χ1v) is 9.57. The Balaban J connectivity index is 1.38. The minimum absolute atomic E-state index is 0.0443. The molecule has 1 amide bonds. The Kier molecular flexibility index (Phi) is 4.46. The van der Waals surface area contributed by atoms with E-state index in [0.717, 1.165) is 26.6 Å². The molecule has 0 aliphatic carbocycles. The van der Waals surface area contributed by atoms with Crippen LogP contribution in [0.4, 0.5) is 0 Å². The summed E-state index contributed by atoms with van der Waals surface area (Å²) in [6.45, 7) is 2.19. The molecule has 25 heavy (non-hydrogen) atoms. The molecule has 0 fully saturated rings. The number of amides is 1. The number of hydrogen-bond donors (Lipinski definition) is 1. The van der Waals surface area contributed by atoms with Gasteiger partial charge >= 0.3 is 0 Å². The number of ether oxygens (including phenoxy) is 2. The van der Waals surface area contributed by atoms with Crippen molar-refractivity contribution in [3.05, 3.63) is 41.5 Å². The lowest BCUT2D eigenvalue weighted by Gasteiger charge is -2.14. The highest BCUT2D eigenvalue weighted by atomic mass is 32.2. The lowest BCUT2D eigenvalue weighted by atomic mass is 10.1. The van der Waals surface area contributed by atoms with E-state index in [4.69, 9.17) is 9.47 Å². The molecule has 0 saturated carbocycles. The lowest BCUT2D eigenvalue weighted by Crippen LogP contribution is -2.28. The van der Waals surface area contributed by atoms with Gasteiger partial charge in [-0.3, -0.25) is 4.79 Å². The Morgan fingerprint density at radius 2 is 2.20 bits per heavy atom. The topological polar surface area (TPSA) is 73.3 Å². The average Bonchev–Trinajstić information content (AvgIpc) is 3.28. The van der Waals surface area contributed by atoms with Crippen molar-refractivity contribution in [1.82, 2.24) is 15.3 Å². The minimum atomic E-state index is -0.117. The zero-order valence-corrected chi connectivity index (χ0v) is 15.0. The van der Waals surface area contributed by atoms with Crippen LogP contribution in [-0.2, 0) is 4.79 Å². The van der Waals surface area contributed by atoms with Gasteiger partial charge in [-0.1, -0.05) is 17.8 Å². The number of benzene rings is 1. The molecule has 0 radical (unpaired) electrons. The third kappa shape index (κ3) is 3.40. The van der Waals surface area contributed by atoms with Crippen LogP contribution in [-0.4, -0.2) is 28.4 Å². The van der Waals surface area contributed by atoms with E-state index in [1.807, 2.05) is 36.6 Å². The third-order valence-corrected chi connectivity index (χ3v) is 5.67. The summed E-state index contributed by atoms with van der Waals surface area (Å²) in [7, 11) is 0. The van der Waals surface area contributed by atoms with E-state index in [2.05, 4.69) is 15.3 Å². The molecular formula is C17H15N3O3S2. The molecule has 1 aromatic carbocycles. The van der Waals surface area contributed by atoms with Crippen LogP contribution in [0.2, 0.25) is 0 Å². The Labute approximate surface area is 152 Å². The summed E-state index contributed by atoms with van der Waals surface area (Å²) in [6.07, 6.45) is 1.54. The van der Waals surface area contributed by atoms with Crippen LogP contribution in [0.5, 0.6) is 11.5 Å². The number of thioether (sulfide) groups is 1. The fourth-order valence-corrected chi connectivity index (χ4v) is 4.16. The normalized spacial score (nSPS) is 13.8. The maximum Gasteiger partial charge on any atom is 0.231 e. The average molecular weight is 373 g/mol. The fourth-order valence-electron chi connectivity index (χ4n) is 2.57. The Morgan fingerprint density at radius 1 is 1.32 bits per heavy atom. The molecule has 0 bridgehead atoms. The van der Waals surface area contributed by atoms with Gasteiger partial charge in [0.1, 0.15) is 16.2 Å². The van der Waals surface area contributed by atoms with Gasteiger partial charge in [0.15, 0.2) is 11.5 Å². The molecule has 1 aliphatic rings. The molecule has 1 atom stereocenters. The standard InChI is InChI=1S/C17H15N3O3S2/c1-10(11-2-3-13-14(6-11)23-9-22-13)20-15(21)7-25-17-12-4-5-24-16(12)18-8-19-17/h2-6,8,10H,7,9H2,1H3,(H,20,21)/t10-/m0/s1. The van der Waals surface area contributed by atoms with Crippen molar-refractivity contribution in [2.24, 2.45) is 0 Å². The van der Waals surface area contributed by atoms with E-state index in [0.29, 0.717) is 11.5 Å². The molecule has 3 heterocycles. The van der Waals surface area contributed by atoms with Crippen LogP contribution in [0.3, 0.4) is 0 Å². The first-order valence-electron chi connectivity index (χ1n) is 7.70. The molecule has 1 N–H and O–H groups in total. The van der Waals surface area contributed by atoms with Gasteiger partial charge < -0.3 is 14.8 Å². The van der Waals surface area contributed by atoms with E-state index in [1.54, 1.807) is 11.3 Å². The van der Waals surface area contributed by atoms with Gasteiger partial charge in [0.25, 0.3) is 0 Å². The Morgan fingerprint density at radius 3 is 3.12 bits per heavy atom. The number of nitrogens with zero attached hydrogens (tertiary/aromatic N) is 2. The molecule has 0 unspecified atom stereocenters. The molecule has 4 rings (SSSR count).